The highest BCUT2D eigenvalue weighted by Crippen LogP contribution is 2.35. The van der Waals surface area contributed by atoms with E-state index in [1.165, 1.54) is 7.11 Å². The van der Waals surface area contributed by atoms with Crippen molar-refractivity contribution in [2.24, 2.45) is 11.1 Å². The molecule has 0 unspecified atom stereocenters. The summed E-state index contributed by atoms with van der Waals surface area (Å²) in [7, 11) is 1.33. The van der Waals surface area contributed by atoms with E-state index in [-0.39, 0.29) is 29.8 Å². The molecule has 0 aliphatic heterocycles. The smallest absolute Gasteiger partial charge is 0.307 e. The van der Waals surface area contributed by atoms with E-state index in [9.17, 15) is 9.59 Å². The fourth-order valence-electron chi connectivity index (χ4n) is 2.47. The van der Waals surface area contributed by atoms with Gasteiger partial charge in [0, 0.05) is 6.54 Å². The summed E-state index contributed by atoms with van der Waals surface area (Å²) in [6.45, 7) is 0.260. The molecule has 1 aliphatic rings. The number of carbonyl (C=O) groups excluding carboxylic acids is 2. The Morgan fingerprint density at radius 2 is 1.84 bits per heavy atom. The molecule has 5 nitrogen and oxygen atoms in total. The molecule has 0 radical (unpaired) electrons. The molecule has 0 bridgehead atoms. The van der Waals surface area contributed by atoms with Crippen LogP contribution in [-0.2, 0) is 14.3 Å². The maximum absolute atomic E-state index is 12.4. The Morgan fingerprint density at radius 1 is 1.26 bits per heavy atom. The zero-order valence-electron chi connectivity index (χ0n) is 11.4. The van der Waals surface area contributed by atoms with E-state index in [4.69, 9.17) is 18.0 Å². The number of amides is 1. The van der Waals surface area contributed by atoms with Gasteiger partial charge in [-0.3, -0.25) is 9.59 Å². The van der Waals surface area contributed by atoms with Gasteiger partial charge in [0.25, 0.3) is 0 Å². The highest BCUT2D eigenvalue weighted by atomic mass is 32.1. The zero-order chi connectivity index (χ0) is 14.3. The van der Waals surface area contributed by atoms with Gasteiger partial charge in [0.15, 0.2) is 0 Å². The molecule has 0 aromatic heterocycles. The molecule has 0 aromatic rings. The molecule has 0 heterocycles. The minimum Gasteiger partial charge on any atom is -0.469 e. The molecule has 6 heteroatoms. The number of nitrogens with one attached hydrogen (secondary N) is 1. The summed E-state index contributed by atoms with van der Waals surface area (Å²) in [5.41, 5.74) is 5.08. The molecule has 1 amide bonds. The topological polar surface area (TPSA) is 81.4 Å². The van der Waals surface area contributed by atoms with E-state index in [2.05, 4.69) is 10.1 Å². The maximum Gasteiger partial charge on any atom is 0.307 e. The first-order chi connectivity index (χ1) is 9.03. The van der Waals surface area contributed by atoms with Crippen molar-refractivity contribution < 1.29 is 14.3 Å². The number of ether oxygens (including phenoxy) is 1. The summed E-state index contributed by atoms with van der Waals surface area (Å²) in [5.74, 6) is -0.489. The monoisotopic (exact) mass is 286 g/mol. The average Bonchev–Trinajstić information content (AvgIpc) is 2.64. The van der Waals surface area contributed by atoms with Crippen molar-refractivity contribution in [1.82, 2.24) is 5.32 Å². The van der Waals surface area contributed by atoms with Crippen LogP contribution in [0.25, 0.3) is 0 Å². The molecule has 1 saturated carbocycles. The Bertz CT molecular complexity index is 350. The Labute approximate surface area is 119 Å². The van der Waals surface area contributed by atoms with Gasteiger partial charge >= 0.3 is 5.97 Å². The van der Waals surface area contributed by atoms with Gasteiger partial charge in [-0.15, -0.1) is 0 Å². The largest absolute Gasteiger partial charge is 0.469 e. The van der Waals surface area contributed by atoms with Crippen LogP contribution in [0.1, 0.15) is 44.9 Å². The van der Waals surface area contributed by atoms with Gasteiger partial charge in [0.05, 0.1) is 23.9 Å². The third-order valence-corrected chi connectivity index (χ3v) is 4.10. The van der Waals surface area contributed by atoms with Crippen LogP contribution < -0.4 is 11.1 Å². The van der Waals surface area contributed by atoms with E-state index in [0.717, 1.165) is 25.7 Å². The second kappa shape index (κ2) is 7.43. The van der Waals surface area contributed by atoms with Crippen molar-refractivity contribution in [2.45, 2.75) is 44.9 Å². The van der Waals surface area contributed by atoms with E-state index >= 15 is 0 Å². The molecule has 0 saturated heterocycles. The first-order valence-electron chi connectivity index (χ1n) is 6.68. The summed E-state index contributed by atoms with van der Waals surface area (Å²) in [5, 5.41) is 2.76. The Morgan fingerprint density at radius 3 is 2.32 bits per heavy atom. The molecular formula is C13H22N2O3S. The van der Waals surface area contributed by atoms with Crippen LogP contribution >= 0.6 is 12.2 Å². The number of carbonyl (C=O) groups is 2. The minimum absolute atomic E-state index is 0.147. The van der Waals surface area contributed by atoms with E-state index in [1.807, 2.05) is 0 Å². The van der Waals surface area contributed by atoms with Crippen molar-refractivity contribution in [3.63, 3.8) is 0 Å². The van der Waals surface area contributed by atoms with Crippen LogP contribution in [0.5, 0.6) is 0 Å². The van der Waals surface area contributed by atoms with E-state index in [0.29, 0.717) is 12.8 Å². The van der Waals surface area contributed by atoms with Crippen molar-refractivity contribution in [2.75, 3.05) is 13.7 Å². The van der Waals surface area contributed by atoms with Crippen LogP contribution in [0.3, 0.4) is 0 Å². The quantitative estimate of drug-likeness (QED) is 0.452. The van der Waals surface area contributed by atoms with Crippen molar-refractivity contribution in [3.05, 3.63) is 0 Å². The first kappa shape index (κ1) is 15.9. The fraction of sp³-hybridized carbons (Fsp3) is 0.769. The number of hydrogen-bond acceptors (Lipinski definition) is 4. The molecule has 1 fully saturated rings. The van der Waals surface area contributed by atoms with Gasteiger partial charge in [-0.2, -0.15) is 0 Å². The predicted octanol–water partition coefficient (Wildman–Crippen LogP) is 1.29. The lowest BCUT2D eigenvalue weighted by molar-refractivity contribution is -0.140. The van der Waals surface area contributed by atoms with Crippen LogP contribution in [0.15, 0.2) is 0 Å². The van der Waals surface area contributed by atoms with E-state index < -0.39 is 5.41 Å². The molecule has 0 aromatic carbocycles. The third-order valence-electron chi connectivity index (χ3n) is 3.71. The van der Waals surface area contributed by atoms with Crippen LogP contribution in [0.4, 0.5) is 0 Å². The van der Waals surface area contributed by atoms with Gasteiger partial charge in [-0.25, -0.2) is 0 Å². The lowest BCUT2D eigenvalue weighted by Gasteiger charge is -2.30. The normalized spacial score (nSPS) is 18.2. The SMILES string of the molecule is COC(=O)CCNC(=O)C1(C(N)=S)CCCCCC1. The summed E-state index contributed by atoms with van der Waals surface area (Å²) < 4.78 is 4.53. The van der Waals surface area contributed by atoms with Crippen LogP contribution in [-0.4, -0.2) is 30.5 Å². The van der Waals surface area contributed by atoms with Crippen molar-refractivity contribution in [3.8, 4) is 0 Å². The fourth-order valence-corrected chi connectivity index (χ4v) is 2.76. The molecule has 0 spiro atoms. The molecule has 1 rings (SSSR count). The predicted molar refractivity (Wildman–Crippen MR) is 76.6 cm³/mol. The number of hydrogen-bond donors (Lipinski definition) is 2. The van der Waals surface area contributed by atoms with Gasteiger partial charge in [0.1, 0.15) is 0 Å². The third kappa shape index (κ3) is 4.16. The summed E-state index contributed by atoms with van der Waals surface area (Å²) in [6.07, 6.45) is 5.71. The number of methoxy groups -OCH3 is 1. The molecule has 19 heavy (non-hydrogen) atoms. The molecule has 0 atom stereocenters. The standard InChI is InChI=1S/C13H22N2O3S/c1-18-10(16)6-9-15-12(17)13(11(14)19)7-4-2-3-5-8-13/h2-9H2,1H3,(H2,14,19)(H,15,17). The highest BCUT2D eigenvalue weighted by Gasteiger charge is 2.41. The van der Waals surface area contributed by atoms with Crippen LogP contribution in [0, 0.1) is 5.41 Å². The number of rotatable bonds is 5. The van der Waals surface area contributed by atoms with Crippen molar-refractivity contribution >= 4 is 29.1 Å². The number of nitrogens with two attached hydrogens (primary N) is 1. The minimum atomic E-state index is -0.734. The lowest BCUT2D eigenvalue weighted by atomic mass is 9.79. The highest BCUT2D eigenvalue weighted by molar-refractivity contribution is 7.80. The molecule has 1 aliphatic carbocycles. The number of esters is 1. The lowest BCUT2D eigenvalue weighted by Crippen LogP contribution is -2.49. The summed E-state index contributed by atoms with van der Waals surface area (Å²) in [6, 6.07) is 0. The average molecular weight is 286 g/mol. The Hall–Kier alpha value is -1.17. The maximum atomic E-state index is 12.4. The molecule has 108 valence electrons. The van der Waals surface area contributed by atoms with Crippen LogP contribution in [0.2, 0.25) is 0 Å². The van der Waals surface area contributed by atoms with Gasteiger partial charge < -0.3 is 15.8 Å². The second-order valence-corrected chi connectivity index (χ2v) is 5.38. The second-order valence-electron chi connectivity index (χ2n) is 4.94. The molecular weight excluding hydrogens is 264 g/mol. The summed E-state index contributed by atoms with van der Waals surface area (Å²) >= 11 is 5.11. The van der Waals surface area contributed by atoms with Gasteiger partial charge in [-0.1, -0.05) is 37.9 Å². The summed E-state index contributed by atoms with van der Waals surface area (Å²) in [4.78, 5) is 23.6. The molecule has 3 N–H and O–H groups in total. The number of thiocarbonyl (C=S) groups is 1. The Balaban J connectivity index is 2.62. The van der Waals surface area contributed by atoms with Crippen molar-refractivity contribution in [1.29, 1.82) is 0 Å². The zero-order valence-corrected chi connectivity index (χ0v) is 12.2. The van der Waals surface area contributed by atoms with E-state index in [1.54, 1.807) is 0 Å². The first-order valence-corrected chi connectivity index (χ1v) is 7.09. The Kier molecular flexibility index (Phi) is 6.21. The van der Waals surface area contributed by atoms with Gasteiger partial charge in [-0.05, 0) is 12.8 Å². The van der Waals surface area contributed by atoms with Gasteiger partial charge in [0.2, 0.25) is 5.91 Å².